The van der Waals surface area contributed by atoms with Crippen LogP contribution in [0.3, 0.4) is 0 Å². The Labute approximate surface area is 216 Å². The topological polar surface area (TPSA) is 67.9 Å². The zero-order chi connectivity index (χ0) is 25.5. The molecule has 0 saturated carbocycles. The van der Waals surface area contributed by atoms with Gasteiger partial charge in [-0.25, -0.2) is 0 Å². The first kappa shape index (κ1) is 25.3. The molecule has 0 unspecified atom stereocenters. The molecule has 0 saturated heterocycles. The van der Waals surface area contributed by atoms with E-state index in [2.05, 4.69) is 12.2 Å². The Morgan fingerprint density at radius 3 is 2.64 bits per heavy atom. The Kier molecular flexibility index (Phi) is 8.28. The number of amides is 2. The van der Waals surface area contributed by atoms with Crippen LogP contribution in [0.25, 0.3) is 6.08 Å². The molecule has 6 nitrogen and oxygen atoms in total. The third-order valence-corrected chi connectivity index (χ3v) is 6.04. The largest absolute Gasteiger partial charge is 0.494 e. The molecule has 0 aromatic heterocycles. The van der Waals surface area contributed by atoms with Crippen LogP contribution in [0.5, 0.6) is 11.5 Å². The summed E-state index contributed by atoms with van der Waals surface area (Å²) in [6, 6.07) is 21.7. The van der Waals surface area contributed by atoms with Crippen LogP contribution >= 0.6 is 11.6 Å². The maximum Gasteiger partial charge on any atom is 0.294 e. The van der Waals surface area contributed by atoms with E-state index in [1.54, 1.807) is 42.5 Å². The normalized spacial score (nSPS) is 14.7. The maximum atomic E-state index is 13.3. The number of unbranched alkanes of at least 4 members (excludes halogenated alkanes) is 1. The van der Waals surface area contributed by atoms with Crippen molar-refractivity contribution in [3.8, 4) is 11.5 Å². The lowest BCUT2D eigenvalue weighted by atomic mass is 10.1. The lowest BCUT2D eigenvalue weighted by Crippen LogP contribution is -2.44. The highest BCUT2D eigenvalue weighted by Gasteiger charge is 2.31. The SMILES string of the molecule is CCCCOc1ccc([C@H](C)NC(=O)CN2C(=O)/C(=C\c3cccc(Cl)c3)Oc3ccccc32)cc1. The van der Waals surface area contributed by atoms with Gasteiger partial charge in [0.2, 0.25) is 5.91 Å². The summed E-state index contributed by atoms with van der Waals surface area (Å²) in [5.74, 6) is 0.753. The van der Waals surface area contributed by atoms with Gasteiger partial charge in [-0.15, -0.1) is 0 Å². The first-order chi connectivity index (χ1) is 17.4. The number of nitrogens with zero attached hydrogens (tertiary/aromatic N) is 1. The number of hydrogen-bond donors (Lipinski definition) is 1. The summed E-state index contributed by atoms with van der Waals surface area (Å²) >= 11 is 6.09. The number of halogens is 1. The summed E-state index contributed by atoms with van der Waals surface area (Å²) in [6.45, 7) is 4.57. The molecule has 3 aromatic rings. The van der Waals surface area contributed by atoms with E-state index in [0.717, 1.165) is 29.7 Å². The van der Waals surface area contributed by atoms with Gasteiger partial charge >= 0.3 is 0 Å². The quantitative estimate of drug-likeness (QED) is 0.280. The van der Waals surface area contributed by atoms with Crippen LogP contribution in [0, 0.1) is 0 Å². The van der Waals surface area contributed by atoms with Gasteiger partial charge in [0.15, 0.2) is 11.5 Å². The molecule has 7 heteroatoms. The van der Waals surface area contributed by atoms with Gasteiger partial charge < -0.3 is 14.8 Å². The van der Waals surface area contributed by atoms with E-state index in [1.165, 1.54) is 4.90 Å². The number of hydrogen-bond acceptors (Lipinski definition) is 4. The minimum Gasteiger partial charge on any atom is -0.494 e. The number of nitrogens with one attached hydrogen (secondary N) is 1. The van der Waals surface area contributed by atoms with E-state index in [4.69, 9.17) is 21.1 Å². The number of fused-ring (bicyclic) bond motifs is 1. The summed E-state index contributed by atoms with van der Waals surface area (Å²) in [7, 11) is 0. The summed E-state index contributed by atoms with van der Waals surface area (Å²) < 4.78 is 11.6. The fraction of sp³-hybridized carbons (Fsp3) is 0.241. The monoisotopic (exact) mass is 504 g/mol. The fourth-order valence-electron chi connectivity index (χ4n) is 3.87. The number of carbonyl (C=O) groups excluding carboxylic acids is 2. The van der Waals surface area contributed by atoms with Crippen molar-refractivity contribution >= 4 is 35.2 Å². The van der Waals surface area contributed by atoms with E-state index in [-0.39, 0.29) is 24.3 Å². The van der Waals surface area contributed by atoms with E-state index in [9.17, 15) is 9.59 Å². The Hall–Kier alpha value is -3.77. The summed E-state index contributed by atoms with van der Waals surface area (Å²) in [5, 5.41) is 3.54. The molecule has 0 aliphatic carbocycles. The zero-order valence-corrected chi connectivity index (χ0v) is 21.1. The number of carbonyl (C=O) groups is 2. The lowest BCUT2D eigenvalue weighted by Gasteiger charge is -2.30. The average molecular weight is 505 g/mol. The van der Waals surface area contributed by atoms with Gasteiger partial charge in [-0.2, -0.15) is 0 Å². The second-order valence-corrected chi connectivity index (χ2v) is 9.02. The van der Waals surface area contributed by atoms with Gasteiger partial charge in [-0.3, -0.25) is 14.5 Å². The maximum absolute atomic E-state index is 13.3. The summed E-state index contributed by atoms with van der Waals surface area (Å²) in [5.41, 5.74) is 2.22. The highest BCUT2D eigenvalue weighted by Crippen LogP contribution is 2.35. The molecule has 0 fully saturated rings. The van der Waals surface area contributed by atoms with E-state index in [1.807, 2.05) is 43.3 Å². The third-order valence-electron chi connectivity index (χ3n) is 5.80. The first-order valence-corrected chi connectivity index (χ1v) is 12.4. The Morgan fingerprint density at radius 2 is 1.89 bits per heavy atom. The molecular formula is C29H29ClN2O4. The van der Waals surface area contributed by atoms with E-state index in [0.29, 0.717) is 23.1 Å². The van der Waals surface area contributed by atoms with Crippen LogP contribution in [-0.2, 0) is 9.59 Å². The first-order valence-electron chi connectivity index (χ1n) is 12.0. The number of benzene rings is 3. The van der Waals surface area contributed by atoms with Crippen LogP contribution < -0.4 is 19.7 Å². The number of ether oxygens (including phenoxy) is 2. The van der Waals surface area contributed by atoms with Gasteiger partial charge in [0.05, 0.1) is 18.3 Å². The molecule has 0 bridgehead atoms. The molecule has 186 valence electrons. The molecule has 36 heavy (non-hydrogen) atoms. The molecule has 2 amide bonds. The highest BCUT2D eigenvalue weighted by atomic mass is 35.5. The smallest absolute Gasteiger partial charge is 0.294 e. The van der Waals surface area contributed by atoms with Crippen LogP contribution in [0.2, 0.25) is 5.02 Å². The van der Waals surface area contributed by atoms with Gasteiger partial charge in [0, 0.05) is 5.02 Å². The van der Waals surface area contributed by atoms with Crippen molar-refractivity contribution in [2.45, 2.75) is 32.7 Å². The summed E-state index contributed by atoms with van der Waals surface area (Å²) in [6.07, 6.45) is 3.71. The molecule has 1 atom stereocenters. The standard InChI is InChI=1S/C29H29ClN2O4/c1-3-4-16-35-24-14-12-22(13-15-24)20(2)31-28(33)19-32-25-10-5-6-11-26(25)36-27(29(32)34)18-21-8-7-9-23(30)17-21/h5-15,17-18,20H,3-4,16,19H2,1-2H3,(H,31,33)/b27-18+/t20-/m0/s1. The second kappa shape index (κ2) is 11.8. The number of anilines is 1. The molecular weight excluding hydrogens is 476 g/mol. The molecule has 4 rings (SSSR count). The minimum absolute atomic E-state index is 0.121. The minimum atomic E-state index is -0.398. The van der Waals surface area contributed by atoms with Gasteiger partial charge in [0.1, 0.15) is 12.3 Å². The van der Waals surface area contributed by atoms with E-state index < -0.39 is 5.91 Å². The predicted molar refractivity (Wildman–Crippen MR) is 142 cm³/mol. The van der Waals surface area contributed by atoms with Crippen molar-refractivity contribution in [3.63, 3.8) is 0 Å². The van der Waals surface area contributed by atoms with Crippen molar-refractivity contribution in [2.24, 2.45) is 0 Å². The van der Waals surface area contributed by atoms with Gasteiger partial charge in [-0.05, 0) is 66.9 Å². The predicted octanol–water partition coefficient (Wildman–Crippen LogP) is 6.16. The Balaban J connectivity index is 1.47. The van der Waals surface area contributed by atoms with Crippen molar-refractivity contribution in [3.05, 3.63) is 94.7 Å². The van der Waals surface area contributed by atoms with Crippen molar-refractivity contribution in [1.82, 2.24) is 5.32 Å². The zero-order valence-electron chi connectivity index (χ0n) is 20.4. The van der Waals surface area contributed by atoms with Crippen LogP contribution in [0.4, 0.5) is 5.69 Å². The number of rotatable bonds is 9. The van der Waals surface area contributed by atoms with E-state index >= 15 is 0 Å². The Bertz CT molecular complexity index is 1260. The third kappa shape index (κ3) is 6.26. The van der Waals surface area contributed by atoms with Crippen LogP contribution in [-0.4, -0.2) is 25.0 Å². The molecule has 1 heterocycles. The molecule has 0 radical (unpaired) electrons. The Morgan fingerprint density at radius 1 is 1.11 bits per heavy atom. The van der Waals surface area contributed by atoms with Gasteiger partial charge in [-0.1, -0.05) is 61.3 Å². The molecule has 3 aromatic carbocycles. The average Bonchev–Trinajstić information content (AvgIpc) is 2.87. The van der Waals surface area contributed by atoms with Crippen molar-refractivity contribution < 1.29 is 19.1 Å². The molecule has 1 aliphatic heterocycles. The van der Waals surface area contributed by atoms with Crippen molar-refractivity contribution in [2.75, 3.05) is 18.1 Å². The number of para-hydroxylation sites is 2. The lowest BCUT2D eigenvalue weighted by molar-refractivity contribution is -0.123. The molecule has 0 spiro atoms. The second-order valence-electron chi connectivity index (χ2n) is 8.58. The molecule has 1 N–H and O–H groups in total. The highest BCUT2D eigenvalue weighted by molar-refractivity contribution is 6.30. The van der Waals surface area contributed by atoms with Gasteiger partial charge in [0.25, 0.3) is 5.91 Å². The fourth-order valence-corrected chi connectivity index (χ4v) is 4.07. The van der Waals surface area contributed by atoms with Crippen LogP contribution in [0.1, 0.15) is 43.9 Å². The van der Waals surface area contributed by atoms with Crippen LogP contribution in [0.15, 0.2) is 78.6 Å². The van der Waals surface area contributed by atoms with Crippen molar-refractivity contribution in [1.29, 1.82) is 0 Å². The summed E-state index contributed by atoms with van der Waals surface area (Å²) in [4.78, 5) is 27.7. The molecule has 1 aliphatic rings.